The first-order valence-electron chi connectivity index (χ1n) is 23.7. The SMILES string of the molecule is CCN1CCN(C2CC3(CCN(c4ccc(C(=O)NS(=O)(=O)c5cnc(NCC6CCC(N)CC6)c([N+](=O)[O-])c5)c(Oc5cnc6[nH]ccc6c5)c4)CC3)C2)[C@H](c2ccccc2C2CC2)C1. The molecule has 2 aliphatic heterocycles. The van der Waals surface area contributed by atoms with Crippen molar-refractivity contribution in [1.29, 1.82) is 0 Å². The lowest BCUT2D eigenvalue weighted by atomic mass is 9.59. The first kappa shape index (κ1) is 44.2. The van der Waals surface area contributed by atoms with Gasteiger partial charge in [-0.15, -0.1) is 0 Å². The molecule has 3 saturated carbocycles. The molecule has 1 amide bonds. The van der Waals surface area contributed by atoms with Gasteiger partial charge in [-0.25, -0.2) is 23.1 Å². The first-order valence-corrected chi connectivity index (χ1v) is 25.2. The van der Waals surface area contributed by atoms with Crippen LogP contribution < -0.4 is 25.4 Å². The quantitative estimate of drug-likeness (QED) is 0.0623. The molecule has 5 aromatic rings. The van der Waals surface area contributed by atoms with Gasteiger partial charge in [0.1, 0.15) is 22.0 Å². The molecular formula is C49H60N10O6S. The lowest BCUT2D eigenvalue weighted by molar-refractivity contribution is -0.384. The molecule has 5 fully saturated rings. The monoisotopic (exact) mass is 916 g/mol. The van der Waals surface area contributed by atoms with Crippen LogP contribution >= 0.6 is 0 Å². The van der Waals surface area contributed by atoms with Crippen LogP contribution in [-0.4, -0.2) is 102 Å². The number of benzene rings is 2. The molecule has 0 radical (unpaired) electrons. The number of nitro groups is 1. The number of sulfonamides is 1. The number of nitrogens with one attached hydrogen (secondary N) is 3. The number of anilines is 2. The standard InChI is InChI=1S/C49H60N10O6S/c1-2-56-21-22-58(44(31-56)41-6-4-3-5-40(41)33-9-10-33)37-26-49(27-37)16-19-57(20-17-49)36-13-14-42(45(24-36)65-38-23-34-15-18-51-46(34)53-29-38)48(60)55-66(63,64)39-25-43(59(61)62)47(54-30-39)52-28-32-7-11-35(50)12-8-32/h3-6,13-15,18,23-25,29-30,32-33,35,37,44H,2,7-12,16-17,19-22,26-28,31,50H2,1H3,(H,51,53)(H,52,54)(H,55,60)/t32?,35?,44-/m0/s1. The van der Waals surface area contributed by atoms with Crippen molar-refractivity contribution >= 4 is 44.2 Å². The van der Waals surface area contributed by atoms with E-state index in [0.29, 0.717) is 35.9 Å². The van der Waals surface area contributed by atoms with E-state index in [1.807, 2.05) is 12.1 Å². The molecule has 1 atom stereocenters. The Hall–Kier alpha value is -5.62. The largest absolute Gasteiger partial charge is 0.455 e. The average Bonchev–Trinajstić information content (AvgIpc) is 4.06. The number of likely N-dealkylation sites (N-methyl/N-ethyl adjacent to an activating group) is 1. The Bertz CT molecular complexity index is 2700. The Morgan fingerprint density at radius 1 is 0.955 bits per heavy atom. The van der Waals surface area contributed by atoms with Gasteiger partial charge < -0.3 is 30.6 Å². The molecule has 2 aromatic carbocycles. The summed E-state index contributed by atoms with van der Waals surface area (Å²) in [4.78, 5) is 44.3. The number of piperazine rings is 1. The zero-order valence-electron chi connectivity index (χ0n) is 37.5. The predicted octanol–water partition coefficient (Wildman–Crippen LogP) is 7.71. The van der Waals surface area contributed by atoms with E-state index < -0.39 is 31.4 Å². The van der Waals surface area contributed by atoms with Crippen LogP contribution in [0.25, 0.3) is 11.0 Å². The molecule has 10 rings (SSSR count). The highest BCUT2D eigenvalue weighted by Gasteiger charge is 2.50. The maximum atomic E-state index is 14.0. The van der Waals surface area contributed by atoms with Crippen molar-refractivity contribution in [3.8, 4) is 11.5 Å². The Morgan fingerprint density at radius 2 is 1.73 bits per heavy atom. The van der Waals surface area contributed by atoms with E-state index >= 15 is 0 Å². The van der Waals surface area contributed by atoms with E-state index in [4.69, 9.17) is 10.5 Å². The number of nitrogens with zero attached hydrogens (tertiary/aromatic N) is 6. The zero-order valence-corrected chi connectivity index (χ0v) is 38.3. The highest BCUT2D eigenvalue weighted by molar-refractivity contribution is 7.90. The molecule has 17 heteroatoms. The second-order valence-electron chi connectivity index (χ2n) is 19.4. The molecule has 3 aromatic heterocycles. The van der Waals surface area contributed by atoms with E-state index in [-0.39, 0.29) is 34.5 Å². The molecule has 66 heavy (non-hydrogen) atoms. The van der Waals surface area contributed by atoms with E-state index in [0.717, 1.165) is 101 Å². The van der Waals surface area contributed by atoms with Crippen LogP contribution in [0, 0.1) is 21.4 Å². The van der Waals surface area contributed by atoms with Crippen molar-refractivity contribution < 1.29 is 22.9 Å². The van der Waals surface area contributed by atoms with Crippen LogP contribution in [0.5, 0.6) is 11.5 Å². The molecule has 348 valence electrons. The number of rotatable bonds is 14. The molecule has 2 saturated heterocycles. The van der Waals surface area contributed by atoms with Crippen molar-refractivity contribution in [3.05, 3.63) is 106 Å². The van der Waals surface area contributed by atoms with Crippen LogP contribution in [-0.2, 0) is 10.0 Å². The summed E-state index contributed by atoms with van der Waals surface area (Å²) in [6.45, 7) is 8.76. The van der Waals surface area contributed by atoms with Crippen LogP contribution in [0.2, 0.25) is 0 Å². The van der Waals surface area contributed by atoms with Gasteiger partial charge in [0.25, 0.3) is 15.9 Å². The number of fused-ring (bicyclic) bond motifs is 1. The highest BCUT2D eigenvalue weighted by atomic mass is 32.2. The summed E-state index contributed by atoms with van der Waals surface area (Å²) in [5.41, 5.74) is 10.4. The van der Waals surface area contributed by atoms with Crippen LogP contribution in [0.3, 0.4) is 0 Å². The number of nitrogens with two attached hydrogens (primary N) is 1. The number of carbonyl (C=O) groups excluding carboxylic acids is 1. The summed E-state index contributed by atoms with van der Waals surface area (Å²) in [7, 11) is -4.61. The van der Waals surface area contributed by atoms with Gasteiger partial charge in [-0.1, -0.05) is 31.2 Å². The van der Waals surface area contributed by atoms with Crippen molar-refractivity contribution in [2.45, 2.75) is 100 Å². The second-order valence-corrected chi connectivity index (χ2v) is 21.0. The van der Waals surface area contributed by atoms with Crippen LogP contribution in [0.1, 0.15) is 105 Å². The lowest BCUT2D eigenvalue weighted by Crippen LogP contribution is -2.60. The molecule has 5 aliphatic rings. The number of pyridine rings is 2. The molecule has 1 spiro atoms. The molecule has 3 aliphatic carbocycles. The van der Waals surface area contributed by atoms with Crippen LogP contribution in [0.4, 0.5) is 17.2 Å². The number of amides is 1. The topological polar surface area (TPSA) is 205 Å². The fourth-order valence-electron chi connectivity index (χ4n) is 11.1. The van der Waals surface area contributed by atoms with Gasteiger partial charge in [-0.3, -0.25) is 19.8 Å². The molecule has 5 N–H and O–H groups in total. The van der Waals surface area contributed by atoms with Crippen LogP contribution in [0.15, 0.2) is 84.1 Å². The number of piperidine rings is 1. The highest BCUT2D eigenvalue weighted by Crippen LogP contribution is 2.54. The van der Waals surface area contributed by atoms with Gasteiger partial charge in [-0.2, -0.15) is 0 Å². The first-order chi connectivity index (χ1) is 31.9. The number of aromatic amines is 1. The number of H-pyrrole nitrogens is 1. The summed E-state index contributed by atoms with van der Waals surface area (Å²) < 4.78 is 35.9. The smallest absolute Gasteiger partial charge is 0.312 e. The summed E-state index contributed by atoms with van der Waals surface area (Å²) in [5, 5.41) is 16.0. The Kier molecular flexibility index (Phi) is 12.2. The van der Waals surface area contributed by atoms with Gasteiger partial charge >= 0.3 is 5.69 Å². The molecular weight excluding hydrogens is 857 g/mol. The number of carbonyl (C=O) groups is 1. The van der Waals surface area contributed by atoms with Crippen molar-refractivity contribution in [3.63, 3.8) is 0 Å². The second kappa shape index (κ2) is 18.2. The zero-order chi connectivity index (χ0) is 45.6. The molecule has 16 nitrogen and oxygen atoms in total. The fourth-order valence-corrected chi connectivity index (χ4v) is 12.0. The number of hydrogen-bond acceptors (Lipinski definition) is 13. The van der Waals surface area contributed by atoms with E-state index in [1.165, 1.54) is 31.2 Å². The van der Waals surface area contributed by atoms with E-state index in [2.05, 4.69) is 70.9 Å². The van der Waals surface area contributed by atoms with Gasteiger partial charge in [0, 0.05) is 86.8 Å². The lowest BCUT2D eigenvalue weighted by Gasteiger charge is -2.58. The molecule has 0 unspecified atom stereocenters. The average molecular weight is 917 g/mol. The van der Waals surface area contributed by atoms with Gasteiger partial charge in [0.15, 0.2) is 0 Å². The van der Waals surface area contributed by atoms with Crippen molar-refractivity contribution in [2.24, 2.45) is 17.1 Å². The summed E-state index contributed by atoms with van der Waals surface area (Å²) in [6, 6.07) is 20.1. The van der Waals surface area contributed by atoms with Gasteiger partial charge in [0.2, 0.25) is 5.82 Å². The maximum absolute atomic E-state index is 14.0. The third kappa shape index (κ3) is 9.22. The predicted molar refractivity (Wildman–Crippen MR) is 253 cm³/mol. The third-order valence-electron chi connectivity index (χ3n) is 15.2. The number of ether oxygens (including phenoxy) is 1. The third-order valence-corrected chi connectivity index (χ3v) is 16.5. The minimum atomic E-state index is -4.61. The summed E-state index contributed by atoms with van der Waals surface area (Å²) in [6.07, 6.45) is 15.0. The van der Waals surface area contributed by atoms with Gasteiger partial charge in [0.05, 0.1) is 22.9 Å². The fraction of sp³-hybridized carbons (Fsp3) is 0.490. The van der Waals surface area contributed by atoms with Gasteiger partial charge in [-0.05, 0) is 123 Å². The normalized spacial score (nSPS) is 22.8. The Labute approximate surface area is 385 Å². The molecule has 0 bridgehead atoms. The van der Waals surface area contributed by atoms with E-state index in [9.17, 15) is 23.3 Å². The summed E-state index contributed by atoms with van der Waals surface area (Å²) >= 11 is 0. The number of hydrogen-bond donors (Lipinski definition) is 4. The Balaban J connectivity index is 0.839. The minimum absolute atomic E-state index is 0.0271. The van der Waals surface area contributed by atoms with Crippen molar-refractivity contribution in [2.75, 3.05) is 56.0 Å². The van der Waals surface area contributed by atoms with E-state index in [1.54, 1.807) is 36.2 Å². The number of aromatic nitrogens is 3. The Morgan fingerprint density at radius 3 is 2.47 bits per heavy atom. The molecule has 5 heterocycles. The minimum Gasteiger partial charge on any atom is -0.455 e. The maximum Gasteiger partial charge on any atom is 0.312 e. The van der Waals surface area contributed by atoms with Crippen molar-refractivity contribution in [1.82, 2.24) is 29.5 Å². The summed E-state index contributed by atoms with van der Waals surface area (Å²) in [5.74, 6) is 0.507.